The van der Waals surface area contributed by atoms with Crippen molar-refractivity contribution in [3.05, 3.63) is 47.5 Å². The first-order valence-electron chi connectivity index (χ1n) is 18.3. The van der Waals surface area contributed by atoms with E-state index in [9.17, 15) is 29.4 Å². The number of furan rings is 1. The molecular weight excluding hydrogens is 692 g/mol. The molecule has 4 aliphatic carbocycles. The van der Waals surface area contributed by atoms with Crippen LogP contribution in [0.15, 0.2) is 46.3 Å². The molecule has 4 saturated carbocycles. The quantitative estimate of drug-likeness (QED) is 0.223. The van der Waals surface area contributed by atoms with Crippen molar-refractivity contribution in [2.24, 2.45) is 28.1 Å². The summed E-state index contributed by atoms with van der Waals surface area (Å²) in [6.45, 7) is 13.6. The average molecular weight is 741 g/mol. The van der Waals surface area contributed by atoms with Crippen LogP contribution in [0.4, 0.5) is 0 Å². The number of cyclic esters (lactones) is 1. The molecule has 2 saturated heterocycles. The molecule has 4 heterocycles. The van der Waals surface area contributed by atoms with E-state index in [1.165, 1.54) is 32.6 Å². The predicted octanol–water partition coefficient (Wildman–Crippen LogP) is 3.73. The van der Waals surface area contributed by atoms with Crippen LogP contribution in [-0.4, -0.2) is 87.9 Å². The van der Waals surface area contributed by atoms with E-state index in [-0.39, 0.29) is 30.4 Å². The molecule has 288 valence electrons. The van der Waals surface area contributed by atoms with Gasteiger partial charge >= 0.3 is 23.9 Å². The number of carbonyl (C=O) groups excluding carboxylic acids is 4. The number of aliphatic hydroxyl groups is 2. The number of carbonyl (C=O) groups is 4. The van der Waals surface area contributed by atoms with Crippen molar-refractivity contribution in [1.82, 2.24) is 0 Å². The summed E-state index contributed by atoms with van der Waals surface area (Å²) in [5, 5.41) is 27.2. The van der Waals surface area contributed by atoms with Crippen LogP contribution in [0.2, 0.25) is 0 Å². The molecule has 2 N–H and O–H groups in total. The first-order valence-corrected chi connectivity index (χ1v) is 18.3. The molecule has 4 bridgehead atoms. The monoisotopic (exact) mass is 740 g/mol. The Morgan fingerprint density at radius 1 is 1.11 bits per heavy atom. The van der Waals surface area contributed by atoms with Crippen molar-refractivity contribution in [2.75, 3.05) is 7.11 Å². The summed E-state index contributed by atoms with van der Waals surface area (Å²) in [4.78, 5) is 54.1. The van der Waals surface area contributed by atoms with Crippen LogP contribution in [-0.2, 0) is 52.3 Å². The summed E-state index contributed by atoms with van der Waals surface area (Å²) < 4.78 is 50.7. The Morgan fingerprint density at radius 3 is 2.43 bits per heavy atom. The Bertz CT molecular complexity index is 1870. The first-order chi connectivity index (χ1) is 24.8. The standard InChI is InChI=1S/C39H48O14/c1-10-19(3)29(43)50-30-32(6)18-35(44)34(8,23(32)14-26(41)46-9)36-16-25(48-21(5)40)33(7)24(15-27(42)49-28(33)22-12-13-47-17-22)38(36)31(37(30,35)45)51-39(52-36,53-38)20(4)11-2/h10,12-13,15,17,20,23,25,28,30-31,44-45H,11,14,16,18H2,1-9H3. The van der Waals surface area contributed by atoms with E-state index in [1.54, 1.807) is 46.8 Å². The second kappa shape index (κ2) is 10.8. The van der Waals surface area contributed by atoms with Gasteiger partial charge in [-0.25, -0.2) is 9.59 Å². The summed E-state index contributed by atoms with van der Waals surface area (Å²) in [7, 11) is 1.26. The number of ether oxygens (including phenoxy) is 7. The fraction of sp³-hybridized carbons (Fsp3) is 0.692. The maximum absolute atomic E-state index is 13.9. The highest BCUT2D eigenvalue weighted by molar-refractivity contribution is 5.88. The predicted molar refractivity (Wildman–Crippen MR) is 179 cm³/mol. The zero-order chi connectivity index (χ0) is 38.5. The molecule has 7 aliphatic rings. The van der Waals surface area contributed by atoms with Crippen LogP contribution in [0.5, 0.6) is 0 Å². The lowest BCUT2D eigenvalue weighted by Crippen LogP contribution is -2.93. The Kier molecular flexibility index (Phi) is 7.43. The zero-order valence-electron chi connectivity index (χ0n) is 31.5. The van der Waals surface area contributed by atoms with E-state index < -0.39 is 105 Å². The highest BCUT2D eigenvalue weighted by Crippen LogP contribution is 2.88. The SMILES string of the molecule is CC=C(C)C(=O)OC1C2(C)CC3(O)C1(O)C1OC4(C(C)CC)OC15C1=CC(=O)OC(c6ccoc6)C1(C)C(OC(C)=O)CC5(O4)C3(C)C2CC(=O)OC. The number of esters is 4. The Hall–Kier alpha value is -3.56. The lowest BCUT2D eigenvalue weighted by molar-refractivity contribution is -0.457. The fourth-order valence-corrected chi connectivity index (χ4v) is 12.3. The zero-order valence-corrected chi connectivity index (χ0v) is 31.5. The summed E-state index contributed by atoms with van der Waals surface area (Å²) in [6.07, 6.45) is 0.561. The van der Waals surface area contributed by atoms with Crippen LogP contribution >= 0.6 is 0 Å². The van der Waals surface area contributed by atoms with Crippen LogP contribution in [0.25, 0.3) is 0 Å². The molecule has 0 aromatic carbocycles. The van der Waals surface area contributed by atoms with E-state index >= 15 is 0 Å². The number of hydrogen-bond acceptors (Lipinski definition) is 14. The van der Waals surface area contributed by atoms with E-state index in [1.807, 2.05) is 13.8 Å². The topological polar surface area (TPSA) is 186 Å². The van der Waals surface area contributed by atoms with E-state index in [0.29, 0.717) is 12.0 Å². The Balaban J connectivity index is 1.48. The number of fused-ring (bicyclic) bond motifs is 4. The smallest absolute Gasteiger partial charge is 0.333 e. The fourth-order valence-electron chi connectivity index (χ4n) is 12.3. The number of hydrogen-bond donors (Lipinski definition) is 2. The maximum Gasteiger partial charge on any atom is 0.333 e. The third-order valence-corrected chi connectivity index (χ3v) is 14.9. The van der Waals surface area contributed by atoms with Gasteiger partial charge in [-0.2, -0.15) is 0 Å². The minimum absolute atomic E-state index is 0.130. The van der Waals surface area contributed by atoms with E-state index in [0.717, 1.165) is 0 Å². The number of methoxy groups -OCH3 is 1. The van der Waals surface area contributed by atoms with Gasteiger partial charge in [0.2, 0.25) is 0 Å². The van der Waals surface area contributed by atoms with Crippen molar-refractivity contribution in [1.29, 1.82) is 0 Å². The van der Waals surface area contributed by atoms with Crippen LogP contribution < -0.4 is 0 Å². The maximum atomic E-state index is 13.9. The van der Waals surface area contributed by atoms with Crippen molar-refractivity contribution in [2.45, 2.75) is 134 Å². The first kappa shape index (κ1) is 36.4. The molecule has 53 heavy (non-hydrogen) atoms. The third-order valence-electron chi connectivity index (χ3n) is 14.9. The lowest BCUT2D eigenvalue weighted by Gasteiger charge is -2.76. The van der Waals surface area contributed by atoms with Crippen LogP contribution in [0.3, 0.4) is 0 Å². The van der Waals surface area contributed by atoms with Gasteiger partial charge in [0.05, 0.1) is 25.1 Å². The van der Waals surface area contributed by atoms with Crippen molar-refractivity contribution < 1.29 is 67.0 Å². The van der Waals surface area contributed by atoms with E-state index in [2.05, 4.69) is 0 Å². The second-order valence-corrected chi connectivity index (χ2v) is 16.9. The molecule has 1 aromatic heterocycles. The van der Waals surface area contributed by atoms with Gasteiger partial charge in [0.25, 0.3) is 5.97 Å². The third kappa shape index (κ3) is 3.73. The molecule has 3 aliphatic heterocycles. The normalized spacial score (nSPS) is 49.0. The molecule has 14 unspecified atom stereocenters. The Morgan fingerprint density at radius 2 is 1.83 bits per heavy atom. The highest BCUT2D eigenvalue weighted by atomic mass is 17.0. The molecule has 0 amide bonds. The molecule has 1 aromatic rings. The van der Waals surface area contributed by atoms with Gasteiger partial charge < -0.3 is 47.8 Å². The van der Waals surface area contributed by atoms with E-state index in [4.69, 9.17) is 37.6 Å². The van der Waals surface area contributed by atoms with Gasteiger partial charge in [0.15, 0.2) is 11.2 Å². The van der Waals surface area contributed by atoms with Crippen LogP contribution in [0, 0.1) is 28.1 Å². The molecule has 8 rings (SSSR count). The summed E-state index contributed by atoms with van der Waals surface area (Å²) in [6, 6.07) is 1.65. The second-order valence-electron chi connectivity index (χ2n) is 16.9. The van der Waals surface area contributed by atoms with Crippen LogP contribution in [0.1, 0.15) is 92.7 Å². The minimum Gasteiger partial charge on any atom is -0.472 e. The molecule has 6 fully saturated rings. The van der Waals surface area contributed by atoms with Gasteiger partial charge in [-0.15, -0.1) is 0 Å². The van der Waals surface area contributed by atoms with Gasteiger partial charge in [0.1, 0.15) is 35.6 Å². The van der Waals surface area contributed by atoms with Gasteiger partial charge in [0, 0.05) is 53.7 Å². The van der Waals surface area contributed by atoms with Crippen molar-refractivity contribution in [3.63, 3.8) is 0 Å². The highest BCUT2D eigenvalue weighted by Gasteiger charge is 3.03. The largest absolute Gasteiger partial charge is 0.472 e. The molecular formula is C39H48O14. The summed E-state index contributed by atoms with van der Waals surface area (Å²) >= 11 is 0. The summed E-state index contributed by atoms with van der Waals surface area (Å²) in [5.74, 6) is -5.95. The molecule has 0 radical (unpaired) electrons. The minimum atomic E-state index is -2.40. The number of rotatable bonds is 8. The summed E-state index contributed by atoms with van der Waals surface area (Å²) in [5.41, 5.74) is -11.5. The number of allylic oxidation sites excluding steroid dienone is 1. The van der Waals surface area contributed by atoms with Crippen molar-refractivity contribution >= 4 is 23.9 Å². The lowest BCUT2D eigenvalue weighted by atomic mass is 9.34. The molecule has 1 spiro atoms. The van der Waals surface area contributed by atoms with Gasteiger partial charge in [-0.1, -0.05) is 33.8 Å². The Labute approximate surface area is 307 Å². The van der Waals surface area contributed by atoms with Gasteiger partial charge in [-0.05, 0) is 51.2 Å². The van der Waals surface area contributed by atoms with Gasteiger partial charge in [-0.3, -0.25) is 9.59 Å². The average Bonchev–Trinajstić information content (AvgIpc) is 3.90. The molecule has 14 atom stereocenters. The van der Waals surface area contributed by atoms with Crippen molar-refractivity contribution in [3.8, 4) is 0 Å². The molecule has 14 nitrogen and oxygen atoms in total. The molecule has 14 heteroatoms.